The van der Waals surface area contributed by atoms with Crippen LogP contribution in [0.4, 0.5) is 0 Å². The van der Waals surface area contributed by atoms with Crippen LogP contribution in [0.1, 0.15) is 6.92 Å². The first-order chi connectivity index (χ1) is 3.31. The number of thioether (sulfide) groups is 2. The fourth-order valence-corrected chi connectivity index (χ4v) is 2.92. The molecule has 2 heteroatoms. The topological polar surface area (TPSA) is 0 Å². The molecule has 0 radical (unpaired) electrons. The molecule has 0 aliphatic carbocycles. The summed E-state index contributed by atoms with van der Waals surface area (Å²) in [4.78, 5) is 0. The highest BCUT2D eigenvalue weighted by Crippen LogP contribution is 2.57. The van der Waals surface area contributed by atoms with Crippen molar-refractivity contribution in [3.63, 3.8) is 0 Å². The Hall–Kier alpha value is 0.700. The van der Waals surface area contributed by atoms with E-state index in [9.17, 15) is 0 Å². The van der Waals surface area contributed by atoms with E-state index in [-0.39, 0.29) is 0 Å². The van der Waals surface area contributed by atoms with Gasteiger partial charge in [-0.05, 0) is 6.92 Å². The van der Waals surface area contributed by atoms with Crippen molar-refractivity contribution in [3.8, 4) is 0 Å². The van der Waals surface area contributed by atoms with E-state index in [0.29, 0.717) is 0 Å². The molecule has 2 rings (SSSR count). The third kappa shape index (κ3) is 0.685. The smallest absolute Gasteiger partial charge is 0.0349 e. The minimum absolute atomic E-state index is 0.741. The summed E-state index contributed by atoms with van der Waals surface area (Å²) >= 11 is 4.24. The zero-order chi connectivity index (χ0) is 4.91. The van der Waals surface area contributed by atoms with E-state index in [1.54, 1.807) is 0 Å². The first-order valence-corrected chi connectivity index (χ1v) is 4.60. The van der Waals surface area contributed by atoms with Gasteiger partial charge in [-0.3, -0.25) is 0 Å². The first kappa shape index (κ1) is 4.57. The summed E-state index contributed by atoms with van der Waals surface area (Å²) in [6.45, 7) is 2.38. The van der Waals surface area contributed by atoms with E-state index in [1.165, 1.54) is 11.5 Å². The lowest BCUT2D eigenvalue weighted by molar-refractivity contribution is 0.832. The third-order valence-electron chi connectivity index (χ3n) is 1.61. The van der Waals surface area contributed by atoms with Crippen LogP contribution in [0.15, 0.2) is 0 Å². The van der Waals surface area contributed by atoms with Gasteiger partial charge >= 0.3 is 0 Å². The monoisotopic (exact) mass is 132 g/mol. The van der Waals surface area contributed by atoms with Gasteiger partial charge in [0.05, 0.1) is 0 Å². The molecule has 0 spiro atoms. The fourth-order valence-electron chi connectivity index (χ4n) is 0.700. The number of hydrogen-bond donors (Lipinski definition) is 0. The molecule has 2 heterocycles. The van der Waals surface area contributed by atoms with Gasteiger partial charge in [0, 0.05) is 21.5 Å². The predicted octanol–water partition coefficient (Wildman–Crippen LogP) is 1.61. The standard InChI is InChI=1S/C5H8S2/c1-5(3-7-5)4-2-6-4/h4H,2-3H2,1H3. The molecule has 0 aromatic carbocycles. The summed E-state index contributed by atoms with van der Waals surface area (Å²) in [5.41, 5.74) is 0. The van der Waals surface area contributed by atoms with Gasteiger partial charge in [-0.15, -0.1) is 0 Å². The maximum Gasteiger partial charge on any atom is 0.0349 e. The normalized spacial score (nSPS) is 57.0. The lowest BCUT2D eigenvalue weighted by Gasteiger charge is -1.96. The molecular formula is C5H8S2. The van der Waals surface area contributed by atoms with E-state index in [1.807, 2.05) is 0 Å². The molecule has 2 aliphatic heterocycles. The van der Waals surface area contributed by atoms with Crippen LogP contribution >= 0.6 is 23.5 Å². The molecule has 2 unspecified atom stereocenters. The van der Waals surface area contributed by atoms with Gasteiger partial charge < -0.3 is 0 Å². The van der Waals surface area contributed by atoms with Crippen molar-refractivity contribution in [2.24, 2.45) is 0 Å². The maximum atomic E-state index is 2.38. The number of hydrogen-bond acceptors (Lipinski definition) is 2. The van der Waals surface area contributed by atoms with Gasteiger partial charge in [0.15, 0.2) is 0 Å². The van der Waals surface area contributed by atoms with Crippen LogP contribution in [0.5, 0.6) is 0 Å². The lowest BCUT2D eigenvalue weighted by Crippen LogP contribution is -2.08. The number of rotatable bonds is 1. The van der Waals surface area contributed by atoms with Crippen molar-refractivity contribution >= 4 is 23.5 Å². The molecule has 7 heavy (non-hydrogen) atoms. The molecule has 2 aliphatic rings. The quantitative estimate of drug-likeness (QED) is 0.497. The Morgan fingerprint density at radius 2 is 2.29 bits per heavy atom. The van der Waals surface area contributed by atoms with Crippen molar-refractivity contribution in [2.75, 3.05) is 11.5 Å². The summed E-state index contributed by atoms with van der Waals surface area (Å²) in [6, 6.07) is 0. The zero-order valence-electron chi connectivity index (χ0n) is 4.31. The minimum atomic E-state index is 0.741. The van der Waals surface area contributed by atoms with Crippen LogP contribution < -0.4 is 0 Å². The van der Waals surface area contributed by atoms with Gasteiger partial charge in [-0.25, -0.2) is 0 Å². The predicted molar refractivity (Wildman–Crippen MR) is 37.1 cm³/mol. The summed E-state index contributed by atoms with van der Waals surface area (Å²) in [5.74, 6) is 2.86. The molecule has 0 nitrogen and oxygen atoms in total. The molecule has 2 atom stereocenters. The fraction of sp³-hybridized carbons (Fsp3) is 1.00. The van der Waals surface area contributed by atoms with E-state index in [0.717, 1.165) is 10.00 Å². The van der Waals surface area contributed by atoms with Crippen LogP contribution in [0.3, 0.4) is 0 Å². The molecule has 2 fully saturated rings. The van der Waals surface area contributed by atoms with Crippen molar-refractivity contribution < 1.29 is 0 Å². The average Bonchev–Trinajstić information content (AvgIpc) is 2.14. The largest absolute Gasteiger partial charge is 0.155 e. The van der Waals surface area contributed by atoms with E-state index in [2.05, 4.69) is 30.4 Å². The molecule has 40 valence electrons. The van der Waals surface area contributed by atoms with Crippen LogP contribution in [0, 0.1) is 0 Å². The summed E-state index contributed by atoms with van der Waals surface area (Å²) in [7, 11) is 0. The van der Waals surface area contributed by atoms with Gasteiger partial charge in [0.1, 0.15) is 0 Å². The lowest BCUT2D eigenvalue weighted by atomic mass is 10.2. The second kappa shape index (κ2) is 1.16. The highest BCUT2D eigenvalue weighted by Gasteiger charge is 2.51. The van der Waals surface area contributed by atoms with E-state index < -0.39 is 0 Å². The first-order valence-electron chi connectivity index (χ1n) is 2.57. The van der Waals surface area contributed by atoms with E-state index in [4.69, 9.17) is 0 Å². The molecular weight excluding hydrogens is 124 g/mol. The SMILES string of the molecule is CC1(C2CS2)CS1. The Balaban J connectivity index is 2.04. The average molecular weight is 132 g/mol. The van der Waals surface area contributed by atoms with Gasteiger partial charge in [0.25, 0.3) is 0 Å². The second-order valence-corrected chi connectivity index (χ2v) is 5.17. The van der Waals surface area contributed by atoms with Crippen molar-refractivity contribution in [1.82, 2.24) is 0 Å². The Morgan fingerprint density at radius 1 is 1.71 bits per heavy atom. The second-order valence-electron chi connectivity index (χ2n) is 2.42. The van der Waals surface area contributed by atoms with Gasteiger partial charge in [-0.1, -0.05) is 0 Å². The Labute approximate surface area is 52.4 Å². The van der Waals surface area contributed by atoms with E-state index >= 15 is 0 Å². The van der Waals surface area contributed by atoms with Crippen LogP contribution in [-0.2, 0) is 0 Å². The summed E-state index contributed by atoms with van der Waals surface area (Å²) in [5, 5.41) is 1.04. The van der Waals surface area contributed by atoms with Crippen LogP contribution in [0.25, 0.3) is 0 Å². The van der Waals surface area contributed by atoms with Gasteiger partial charge in [-0.2, -0.15) is 23.5 Å². The molecule has 0 N–H and O–H groups in total. The van der Waals surface area contributed by atoms with Crippen LogP contribution in [-0.4, -0.2) is 21.5 Å². The molecule has 0 saturated carbocycles. The van der Waals surface area contributed by atoms with Gasteiger partial charge in [0.2, 0.25) is 0 Å². The Bertz CT molecular complexity index is 92.3. The van der Waals surface area contributed by atoms with Crippen LogP contribution in [0.2, 0.25) is 0 Å². The highest BCUT2D eigenvalue weighted by atomic mass is 32.2. The molecule has 0 aromatic rings. The molecule has 2 saturated heterocycles. The molecule has 0 bridgehead atoms. The maximum absolute atomic E-state index is 2.38. The highest BCUT2D eigenvalue weighted by molar-refractivity contribution is 8.12. The third-order valence-corrected chi connectivity index (χ3v) is 4.43. The summed E-state index contributed by atoms with van der Waals surface area (Å²) in [6.07, 6.45) is 0. The minimum Gasteiger partial charge on any atom is -0.155 e. The van der Waals surface area contributed by atoms with Crippen molar-refractivity contribution in [2.45, 2.75) is 16.9 Å². The molecule has 0 amide bonds. The van der Waals surface area contributed by atoms with Crippen molar-refractivity contribution in [1.29, 1.82) is 0 Å². The Kier molecular flexibility index (Phi) is 0.757. The van der Waals surface area contributed by atoms with Crippen molar-refractivity contribution in [3.05, 3.63) is 0 Å². The Morgan fingerprint density at radius 3 is 2.43 bits per heavy atom. The summed E-state index contributed by atoms with van der Waals surface area (Å²) < 4.78 is 0.741. The zero-order valence-corrected chi connectivity index (χ0v) is 5.94. The molecule has 0 aromatic heterocycles.